The summed E-state index contributed by atoms with van der Waals surface area (Å²) in [5.74, 6) is 5.96. The summed E-state index contributed by atoms with van der Waals surface area (Å²) in [6.45, 7) is 2.85. The van der Waals surface area contributed by atoms with Crippen molar-refractivity contribution in [3.8, 4) is 11.3 Å². The Balaban J connectivity index is 1.34. The van der Waals surface area contributed by atoms with E-state index >= 15 is 0 Å². The van der Waals surface area contributed by atoms with Gasteiger partial charge in [0.1, 0.15) is 5.60 Å². The highest BCUT2D eigenvalue weighted by Crippen LogP contribution is 2.63. The van der Waals surface area contributed by atoms with Gasteiger partial charge in [0.2, 0.25) is 0 Å². The van der Waals surface area contributed by atoms with Crippen molar-refractivity contribution in [2.24, 2.45) is 35.0 Å². The zero-order valence-electron chi connectivity index (χ0n) is 17.7. The van der Waals surface area contributed by atoms with E-state index in [1.165, 1.54) is 18.4 Å². The Kier molecular flexibility index (Phi) is 5.11. The number of rotatable bonds is 3. The number of fused-ring (bicyclic) bond motifs is 5. The third kappa shape index (κ3) is 3.26. The van der Waals surface area contributed by atoms with Gasteiger partial charge >= 0.3 is 0 Å². The molecule has 4 nitrogen and oxygen atoms in total. The molecule has 4 aliphatic carbocycles. The molecular formula is C25H31ClN2O2. The van der Waals surface area contributed by atoms with Crippen molar-refractivity contribution in [3.63, 3.8) is 0 Å². The lowest BCUT2D eigenvalue weighted by atomic mass is 9.51. The maximum atomic E-state index is 13.2. The summed E-state index contributed by atoms with van der Waals surface area (Å²) >= 11 is 5.60. The first-order valence-electron chi connectivity index (χ1n) is 11.5. The van der Waals surface area contributed by atoms with Crippen LogP contribution < -0.4 is 0 Å². The van der Waals surface area contributed by atoms with Crippen molar-refractivity contribution in [1.29, 1.82) is 0 Å². The van der Waals surface area contributed by atoms with Crippen LogP contribution in [0, 0.1) is 46.3 Å². The minimum absolute atomic E-state index is 0.129. The van der Waals surface area contributed by atoms with E-state index in [-0.39, 0.29) is 11.3 Å². The number of aliphatic hydroxyl groups is 1. The number of ketones is 1. The van der Waals surface area contributed by atoms with Gasteiger partial charge in [0.25, 0.3) is 0 Å². The van der Waals surface area contributed by atoms with Gasteiger partial charge in [-0.15, -0.1) is 0 Å². The first-order chi connectivity index (χ1) is 14.4. The van der Waals surface area contributed by atoms with Crippen LogP contribution in [0.2, 0.25) is 0 Å². The third-order valence-corrected chi connectivity index (χ3v) is 9.16. The van der Waals surface area contributed by atoms with E-state index in [9.17, 15) is 9.90 Å². The van der Waals surface area contributed by atoms with E-state index in [0.717, 1.165) is 25.7 Å². The average Bonchev–Trinajstić information content (AvgIpc) is 3.34. The lowest BCUT2D eigenvalue weighted by molar-refractivity contribution is -0.129. The molecule has 5 heteroatoms. The molecule has 2 unspecified atom stereocenters. The van der Waals surface area contributed by atoms with Crippen molar-refractivity contribution >= 4 is 17.4 Å². The molecule has 0 aliphatic heterocycles. The van der Waals surface area contributed by atoms with Crippen LogP contribution in [0.5, 0.6) is 0 Å². The summed E-state index contributed by atoms with van der Waals surface area (Å²) in [7, 11) is 0. The van der Waals surface area contributed by atoms with Gasteiger partial charge in [-0.2, -0.15) is 0 Å². The number of aromatic nitrogens is 2. The maximum Gasteiger partial charge on any atom is 0.156 e. The van der Waals surface area contributed by atoms with Crippen molar-refractivity contribution in [1.82, 2.24) is 9.55 Å². The van der Waals surface area contributed by atoms with Crippen molar-refractivity contribution in [2.45, 2.75) is 70.4 Å². The van der Waals surface area contributed by atoms with Gasteiger partial charge in [-0.3, -0.25) is 4.79 Å². The molecule has 1 heterocycles. The first kappa shape index (κ1) is 20.3. The van der Waals surface area contributed by atoms with Crippen LogP contribution in [0.3, 0.4) is 0 Å². The van der Waals surface area contributed by atoms with Gasteiger partial charge in [0.15, 0.2) is 5.78 Å². The highest BCUT2D eigenvalue weighted by molar-refractivity contribution is 6.30. The lowest BCUT2D eigenvalue weighted by Crippen LogP contribution is -2.48. The minimum atomic E-state index is -0.946. The molecule has 3 fully saturated rings. The molecule has 0 bridgehead atoms. The van der Waals surface area contributed by atoms with Crippen LogP contribution in [0.25, 0.3) is 0 Å². The van der Waals surface area contributed by atoms with Crippen LogP contribution in [0.15, 0.2) is 30.4 Å². The molecule has 30 heavy (non-hydrogen) atoms. The van der Waals surface area contributed by atoms with Crippen LogP contribution >= 0.6 is 11.6 Å². The predicted octanol–water partition coefficient (Wildman–Crippen LogP) is 4.57. The average molecular weight is 427 g/mol. The number of nitrogens with zero attached hydrogens (tertiary/aromatic N) is 2. The second-order valence-electron chi connectivity index (χ2n) is 10.4. The Labute approximate surface area is 184 Å². The van der Waals surface area contributed by atoms with Gasteiger partial charge in [-0.1, -0.05) is 24.5 Å². The van der Waals surface area contributed by atoms with Crippen LogP contribution in [-0.2, 0) is 11.3 Å². The fraction of sp³-hybridized carbons (Fsp3) is 0.680. The molecule has 4 aliphatic rings. The van der Waals surface area contributed by atoms with Gasteiger partial charge in [0, 0.05) is 30.1 Å². The van der Waals surface area contributed by atoms with Gasteiger partial charge in [0.05, 0.1) is 12.9 Å². The molecule has 0 saturated heterocycles. The molecule has 1 N–H and O–H groups in total. The maximum absolute atomic E-state index is 13.2. The van der Waals surface area contributed by atoms with Crippen LogP contribution in [-0.4, -0.2) is 26.0 Å². The summed E-state index contributed by atoms with van der Waals surface area (Å²) < 4.78 is 1.91. The Morgan fingerprint density at radius 3 is 2.93 bits per heavy atom. The molecule has 0 aromatic carbocycles. The van der Waals surface area contributed by atoms with Crippen molar-refractivity contribution in [3.05, 3.63) is 30.4 Å². The predicted molar refractivity (Wildman–Crippen MR) is 116 cm³/mol. The van der Waals surface area contributed by atoms with Crippen molar-refractivity contribution < 1.29 is 9.90 Å². The molecule has 1 aromatic heterocycles. The standard InChI is InChI=1S/C25H31ClN2O2/c1-24-8-6-19-18-7-9-25(30,10-11-26)14-17(18)2-3-20(19)21(24)4-5-22(24)23(29)15-28-13-12-27-16-28/h2,12-13,16,18-22,30H,3-9,14-15H2,1H3/t18-,19+,20?,21-,22+,24?,25-/m0/s1. The lowest BCUT2D eigenvalue weighted by Gasteiger charge is -2.54. The zero-order valence-corrected chi connectivity index (χ0v) is 18.4. The Hall–Kier alpha value is -1.57. The quantitative estimate of drug-likeness (QED) is 0.568. The van der Waals surface area contributed by atoms with E-state index in [4.69, 9.17) is 11.6 Å². The summed E-state index contributed by atoms with van der Waals surface area (Å²) in [4.78, 5) is 17.3. The topological polar surface area (TPSA) is 55.1 Å². The molecule has 160 valence electrons. The minimum Gasteiger partial charge on any atom is -0.377 e. The fourth-order valence-corrected chi connectivity index (χ4v) is 7.86. The largest absolute Gasteiger partial charge is 0.377 e. The number of hydrogen-bond acceptors (Lipinski definition) is 3. The summed E-state index contributed by atoms with van der Waals surface area (Å²) in [5, 5.41) is 13.2. The highest BCUT2D eigenvalue weighted by atomic mass is 35.5. The number of Topliss-reactive ketones (excluding diaryl/α,β-unsaturated/α-hetero) is 1. The number of imidazole rings is 1. The molecule has 0 spiro atoms. The van der Waals surface area contributed by atoms with Crippen LogP contribution in [0.4, 0.5) is 0 Å². The van der Waals surface area contributed by atoms with E-state index in [0.29, 0.717) is 48.8 Å². The number of hydrogen-bond donors (Lipinski definition) is 1. The monoisotopic (exact) mass is 426 g/mol. The van der Waals surface area contributed by atoms with Gasteiger partial charge in [-0.25, -0.2) is 4.98 Å². The zero-order chi connectivity index (χ0) is 20.9. The molecule has 7 atom stereocenters. The number of halogens is 1. The van der Waals surface area contributed by atoms with E-state index in [1.54, 1.807) is 12.5 Å². The third-order valence-electron chi connectivity index (χ3n) is 9.07. The molecule has 0 radical (unpaired) electrons. The Morgan fingerprint density at radius 1 is 1.30 bits per heavy atom. The number of carbonyl (C=O) groups excluding carboxylic acids is 1. The summed E-state index contributed by atoms with van der Waals surface area (Å²) in [5.41, 5.74) is 0.584. The normalized spacial score (nSPS) is 42.2. The molecular weight excluding hydrogens is 396 g/mol. The summed E-state index contributed by atoms with van der Waals surface area (Å²) in [6.07, 6.45) is 15.8. The number of carbonyl (C=O) groups is 1. The Morgan fingerprint density at radius 2 is 2.17 bits per heavy atom. The fourth-order valence-electron chi connectivity index (χ4n) is 7.69. The SMILES string of the molecule is CC12CC[C@H]3C(CC=C4C[C@@](O)(C#CCl)CC[C@@H]43)[C@@H]1CC[C@@H]2C(=O)Cn1ccnc1. The second-order valence-corrected chi connectivity index (χ2v) is 10.6. The van der Waals surface area contributed by atoms with E-state index < -0.39 is 5.60 Å². The van der Waals surface area contributed by atoms with E-state index in [2.05, 4.69) is 29.3 Å². The molecule has 0 amide bonds. The first-order valence-corrected chi connectivity index (χ1v) is 11.8. The Bertz CT molecular complexity index is 913. The second kappa shape index (κ2) is 7.53. The van der Waals surface area contributed by atoms with Crippen molar-refractivity contribution in [2.75, 3.05) is 0 Å². The summed E-state index contributed by atoms with van der Waals surface area (Å²) in [6, 6.07) is 0. The molecule has 3 saturated carbocycles. The molecule has 5 rings (SSSR count). The number of allylic oxidation sites excluding steroid dienone is 1. The van der Waals surface area contributed by atoms with Gasteiger partial charge < -0.3 is 9.67 Å². The van der Waals surface area contributed by atoms with Crippen LogP contribution in [0.1, 0.15) is 58.3 Å². The van der Waals surface area contributed by atoms with Gasteiger partial charge in [-0.05, 0) is 85.6 Å². The smallest absolute Gasteiger partial charge is 0.156 e. The molecule has 1 aromatic rings. The highest BCUT2D eigenvalue weighted by Gasteiger charge is 2.57. The van der Waals surface area contributed by atoms with E-state index in [1.807, 2.05) is 10.8 Å².